The normalized spacial score (nSPS) is 11.3. The van der Waals surface area contributed by atoms with E-state index in [0.717, 1.165) is 31.5 Å². The molecule has 1 aromatic carbocycles. The van der Waals surface area contributed by atoms with Gasteiger partial charge in [-0.3, -0.25) is 4.79 Å². The van der Waals surface area contributed by atoms with Crippen LogP contribution in [0.25, 0.3) is 0 Å². The van der Waals surface area contributed by atoms with E-state index in [1.54, 1.807) is 13.2 Å². The first kappa shape index (κ1) is 21.5. The maximum Gasteiger partial charge on any atom is 0.241 e. The Hall–Kier alpha value is -1.50. The number of nitrogens with zero attached hydrogens (tertiary/aromatic N) is 1. The SMILES string of the molecule is CCNC(=NCC(=O)NCCOC)NCCCc1ccc(Cl)cc1Cl. The monoisotopic (exact) mass is 388 g/mol. The van der Waals surface area contributed by atoms with Gasteiger partial charge in [-0.25, -0.2) is 4.99 Å². The summed E-state index contributed by atoms with van der Waals surface area (Å²) < 4.78 is 4.88. The molecule has 3 N–H and O–H groups in total. The Morgan fingerprint density at radius 3 is 2.68 bits per heavy atom. The fourth-order valence-corrected chi connectivity index (χ4v) is 2.55. The predicted octanol–water partition coefficient (Wildman–Crippen LogP) is 2.24. The van der Waals surface area contributed by atoms with E-state index >= 15 is 0 Å². The molecule has 0 aromatic heterocycles. The lowest BCUT2D eigenvalue weighted by molar-refractivity contribution is -0.119. The van der Waals surface area contributed by atoms with Crippen molar-refractivity contribution in [2.24, 2.45) is 4.99 Å². The van der Waals surface area contributed by atoms with E-state index in [0.29, 0.717) is 29.2 Å². The van der Waals surface area contributed by atoms with Crippen molar-refractivity contribution < 1.29 is 9.53 Å². The second-order valence-corrected chi connectivity index (χ2v) is 6.15. The highest BCUT2D eigenvalue weighted by molar-refractivity contribution is 6.35. The number of benzene rings is 1. The van der Waals surface area contributed by atoms with Crippen LogP contribution >= 0.6 is 23.2 Å². The summed E-state index contributed by atoms with van der Waals surface area (Å²) in [7, 11) is 1.59. The third-order valence-corrected chi connectivity index (χ3v) is 3.87. The average Bonchev–Trinajstić information content (AvgIpc) is 2.58. The van der Waals surface area contributed by atoms with E-state index < -0.39 is 0 Å². The number of rotatable bonds is 10. The lowest BCUT2D eigenvalue weighted by Gasteiger charge is -2.11. The molecule has 0 aliphatic rings. The van der Waals surface area contributed by atoms with E-state index in [9.17, 15) is 4.79 Å². The largest absolute Gasteiger partial charge is 0.383 e. The molecule has 0 bridgehead atoms. The molecule has 0 heterocycles. The van der Waals surface area contributed by atoms with Crippen molar-refractivity contribution in [2.75, 3.05) is 39.9 Å². The molecule has 0 aliphatic carbocycles. The van der Waals surface area contributed by atoms with Crippen molar-refractivity contribution in [1.29, 1.82) is 0 Å². The smallest absolute Gasteiger partial charge is 0.241 e. The molecule has 0 saturated heterocycles. The van der Waals surface area contributed by atoms with Crippen molar-refractivity contribution in [2.45, 2.75) is 19.8 Å². The van der Waals surface area contributed by atoms with E-state index in [1.807, 2.05) is 19.1 Å². The van der Waals surface area contributed by atoms with Gasteiger partial charge >= 0.3 is 0 Å². The number of halogens is 2. The molecule has 0 unspecified atom stereocenters. The number of guanidine groups is 1. The van der Waals surface area contributed by atoms with Crippen molar-refractivity contribution in [1.82, 2.24) is 16.0 Å². The Morgan fingerprint density at radius 2 is 2.00 bits per heavy atom. The summed E-state index contributed by atoms with van der Waals surface area (Å²) in [6, 6.07) is 5.53. The van der Waals surface area contributed by atoms with E-state index in [4.69, 9.17) is 27.9 Å². The van der Waals surface area contributed by atoms with Crippen LogP contribution in [0.3, 0.4) is 0 Å². The van der Waals surface area contributed by atoms with Crippen LogP contribution in [0.4, 0.5) is 0 Å². The number of nitrogens with one attached hydrogen (secondary N) is 3. The Balaban J connectivity index is 2.36. The first-order chi connectivity index (χ1) is 12.1. The topological polar surface area (TPSA) is 74.8 Å². The molecule has 0 fully saturated rings. The van der Waals surface area contributed by atoms with Crippen molar-refractivity contribution in [3.63, 3.8) is 0 Å². The van der Waals surface area contributed by atoms with Gasteiger partial charge in [0.05, 0.1) is 6.61 Å². The third kappa shape index (κ3) is 9.53. The van der Waals surface area contributed by atoms with Crippen molar-refractivity contribution in [3.05, 3.63) is 33.8 Å². The van der Waals surface area contributed by atoms with Gasteiger partial charge in [-0.1, -0.05) is 29.3 Å². The molecule has 1 amide bonds. The molecule has 0 atom stereocenters. The zero-order chi connectivity index (χ0) is 18.5. The van der Waals surface area contributed by atoms with Crippen LogP contribution in [-0.2, 0) is 16.0 Å². The molecule has 0 spiro atoms. The van der Waals surface area contributed by atoms with Crippen LogP contribution in [0.15, 0.2) is 23.2 Å². The highest BCUT2D eigenvalue weighted by atomic mass is 35.5. The van der Waals surface area contributed by atoms with Crippen LogP contribution in [0.5, 0.6) is 0 Å². The Morgan fingerprint density at radius 1 is 1.20 bits per heavy atom. The predicted molar refractivity (Wildman–Crippen MR) is 104 cm³/mol. The summed E-state index contributed by atoms with van der Waals surface area (Å²) in [6.07, 6.45) is 1.71. The van der Waals surface area contributed by atoms with Crippen LogP contribution < -0.4 is 16.0 Å². The standard InChI is InChI=1S/C17H26Cl2N4O2/c1-3-20-17(23-12-16(24)21-9-10-25-2)22-8-4-5-13-6-7-14(18)11-15(13)19/h6-7,11H,3-5,8-10,12H2,1-2H3,(H,21,24)(H2,20,22,23). The number of methoxy groups -OCH3 is 1. The zero-order valence-electron chi connectivity index (χ0n) is 14.7. The number of hydrogen-bond acceptors (Lipinski definition) is 3. The van der Waals surface area contributed by atoms with Gasteiger partial charge in [0.25, 0.3) is 0 Å². The maximum absolute atomic E-state index is 11.7. The summed E-state index contributed by atoms with van der Waals surface area (Å²) in [6.45, 7) is 4.46. The van der Waals surface area contributed by atoms with Gasteiger partial charge in [-0.15, -0.1) is 0 Å². The molecule has 0 aliphatic heterocycles. The average molecular weight is 389 g/mol. The fourth-order valence-electron chi connectivity index (χ4n) is 2.05. The molecule has 0 radical (unpaired) electrons. The van der Waals surface area contributed by atoms with Crippen LogP contribution in [-0.4, -0.2) is 51.8 Å². The van der Waals surface area contributed by atoms with E-state index in [-0.39, 0.29) is 12.5 Å². The molecular weight excluding hydrogens is 363 g/mol. The first-order valence-corrected chi connectivity index (χ1v) is 9.04. The van der Waals surface area contributed by atoms with Gasteiger partial charge in [0.2, 0.25) is 5.91 Å². The first-order valence-electron chi connectivity index (χ1n) is 8.28. The van der Waals surface area contributed by atoms with Crippen LogP contribution in [0.1, 0.15) is 18.9 Å². The van der Waals surface area contributed by atoms with E-state index in [1.165, 1.54) is 0 Å². The molecule has 1 aromatic rings. The summed E-state index contributed by atoms with van der Waals surface area (Å²) in [4.78, 5) is 15.9. The Bertz CT molecular complexity index is 568. The molecular formula is C17H26Cl2N4O2. The number of ether oxygens (including phenoxy) is 1. The van der Waals surface area contributed by atoms with Gasteiger partial charge in [0.1, 0.15) is 6.54 Å². The number of aryl methyl sites for hydroxylation is 1. The van der Waals surface area contributed by atoms with Gasteiger partial charge < -0.3 is 20.7 Å². The number of hydrogen-bond donors (Lipinski definition) is 3. The molecule has 1 rings (SSSR count). The maximum atomic E-state index is 11.7. The second-order valence-electron chi connectivity index (χ2n) is 5.30. The highest BCUT2D eigenvalue weighted by Gasteiger charge is 2.03. The van der Waals surface area contributed by atoms with Crippen LogP contribution in [0, 0.1) is 0 Å². The lowest BCUT2D eigenvalue weighted by atomic mass is 10.1. The Labute approximate surface area is 159 Å². The number of aliphatic imine (C=N–C) groups is 1. The Kier molecular flexibility index (Phi) is 11.0. The summed E-state index contributed by atoms with van der Waals surface area (Å²) in [5.41, 5.74) is 1.06. The van der Waals surface area contributed by atoms with E-state index in [2.05, 4.69) is 20.9 Å². The molecule has 8 heteroatoms. The van der Waals surface area contributed by atoms with Crippen LogP contribution in [0.2, 0.25) is 10.0 Å². The third-order valence-electron chi connectivity index (χ3n) is 3.28. The molecule has 6 nitrogen and oxygen atoms in total. The molecule has 140 valence electrons. The highest BCUT2D eigenvalue weighted by Crippen LogP contribution is 2.21. The van der Waals surface area contributed by atoms with Gasteiger partial charge in [0.15, 0.2) is 5.96 Å². The van der Waals surface area contributed by atoms with Gasteiger partial charge in [-0.05, 0) is 37.5 Å². The van der Waals surface area contributed by atoms with Gasteiger partial charge in [-0.2, -0.15) is 0 Å². The minimum absolute atomic E-state index is 0.0715. The number of carbonyl (C=O) groups is 1. The molecule has 25 heavy (non-hydrogen) atoms. The zero-order valence-corrected chi connectivity index (χ0v) is 16.2. The summed E-state index contributed by atoms with van der Waals surface area (Å²) in [5, 5.41) is 10.4. The lowest BCUT2D eigenvalue weighted by Crippen LogP contribution is -2.39. The summed E-state index contributed by atoms with van der Waals surface area (Å²) in [5.74, 6) is 0.480. The fraction of sp³-hybridized carbons (Fsp3) is 0.529. The minimum atomic E-state index is -0.137. The van der Waals surface area contributed by atoms with Crippen molar-refractivity contribution >= 4 is 35.1 Å². The van der Waals surface area contributed by atoms with Crippen molar-refractivity contribution in [3.8, 4) is 0 Å². The molecule has 0 saturated carbocycles. The number of carbonyl (C=O) groups excluding carboxylic acids is 1. The number of amides is 1. The quantitative estimate of drug-likeness (QED) is 0.326. The second kappa shape index (κ2) is 12.8. The summed E-state index contributed by atoms with van der Waals surface area (Å²) >= 11 is 12.1. The minimum Gasteiger partial charge on any atom is -0.383 e. The van der Waals surface area contributed by atoms with Gasteiger partial charge in [0, 0.05) is 36.8 Å².